The van der Waals surface area contributed by atoms with Crippen molar-refractivity contribution in [2.24, 2.45) is 0 Å². The summed E-state index contributed by atoms with van der Waals surface area (Å²) in [5.74, 6) is 0.953. The first-order chi connectivity index (χ1) is 5.88. The number of aliphatic hydroxyl groups is 1. The number of piperidine rings is 1. The molecule has 1 aliphatic rings. The molecule has 1 heterocycles. The van der Waals surface area contributed by atoms with Crippen molar-refractivity contribution >= 4 is 12.6 Å². The Balaban J connectivity index is 2.26. The van der Waals surface area contributed by atoms with E-state index in [4.69, 9.17) is 5.11 Å². The summed E-state index contributed by atoms with van der Waals surface area (Å²) in [5, 5.41) is 9.10. The summed E-state index contributed by atoms with van der Waals surface area (Å²) in [6, 6.07) is 0.429. The highest BCUT2D eigenvalue weighted by Crippen LogP contribution is 2.16. The average Bonchev–Trinajstić information content (AvgIpc) is 2.15. The van der Waals surface area contributed by atoms with Crippen molar-refractivity contribution in [3.05, 3.63) is 0 Å². The molecule has 1 aliphatic heterocycles. The van der Waals surface area contributed by atoms with Crippen LogP contribution in [0.2, 0.25) is 0 Å². The predicted molar refractivity (Wildman–Crippen MR) is 54.8 cm³/mol. The number of hydrogen-bond acceptors (Lipinski definition) is 3. The first-order valence-corrected chi connectivity index (χ1v) is 5.47. The second kappa shape index (κ2) is 5.84. The maximum atomic E-state index is 9.10. The zero-order valence-corrected chi connectivity index (χ0v) is 8.47. The number of rotatable bonds is 4. The number of thiol groups is 1. The van der Waals surface area contributed by atoms with Gasteiger partial charge in [0.05, 0.1) is 6.61 Å². The summed E-state index contributed by atoms with van der Waals surface area (Å²) in [4.78, 5) is 2.40. The standard InChI is InChI=1S/C9H19NOS/c11-8-9-4-1-2-5-10(9)6-3-7-12/h9,11-12H,1-8H2. The molecule has 0 saturated carbocycles. The van der Waals surface area contributed by atoms with Crippen LogP contribution in [0, 0.1) is 0 Å². The Morgan fingerprint density at radius 3 is 2.92 bits per heavy atom. The van der Waals surface area contributed by atoms with Gasteiger partial charge in [0.1, 0.15) is 0 Å². The third-order valence-corrected chi connectivity index (χ3v) is 2.88. The van der Waals surface area contributed by atoms with Crippen LogP contribution in [0.5, 0.6) is 0 Å². The van der Waals surface area contributed by atoms with Gasteiger partial charge in [-0.05, 0) is 38.1 Å². The minimum atomic E-state index is 0.326. The van der Waals surface area contributed by atoms with Gasteiger partial charge < -0.3 is 5.11 Å². The Kier molecular flexibility index (Phi) is 5.04. The van der Waals surface area contributed by atoms with Gasteiger partial charge in [-0.3, -0.25) is 4.90 Å². The summed E-state index contributed by atoms with van der Waals surface area (Å²) < 4.78 is 0. The fourth-order valence-corrected chi connectivity index (χ4v) is 1.98. The molecule has 3 heteroatoms. The van der Waals surface area contributed by atoms with Gasteiger partial charge >= 0.3 is 0 Å². The van der Waals surface area contributed by atoms with Crippen LogP contribution in [0.1, 0.15) is 25.7 Å². The highest BCUT2D eigenvalue weighted by Gasteiger charge is 2.20. The molecule has 1 saturated heterocycles. The maximum Gasteiger partial charge on any atom is 0.0586 e. The van der Waals surface area contributed by atoms with Gasteiger partial charge in [-0.2, -0.15) is 12.6 Å². The fraction of sp³-hybridized carbons (Fsp3) is 1.00. The van der Waals surface area contributed by atoms with E-state index in [0.717, 1.165) is 18.7 Å². The van der Waals surface area contributed by atoms with E-state index in [1.165, 1.54) is 25.8 Å². The first kappa shape index (κ1) is 10.4. The lowest BCUT2D eigenvalue weighted by Gasteiger charge is -2.34. The first-order valence-electron chi connectivity index (χ1n) is 4.84. The Morgan fingerprint density at radius 2 is 2.25 bits per heavy atom. The van der Waals surface area contributed by atoms with Crippen molar-refractivity contribution < 1.29 is 5.11 Å². The summed E-state index contributed by atoms with van der Waals surface area (Å²) in [6.07, 6.45) is 4.88. The van der Waals surface area contributed by atoms with E-state index in [2.05, 4.69) is 17.5 Å². The number of nitrogens with zero attached hydrogens (tertiary/aromatic N) is 1. The average molecular weight is 189 g/mol. The van der Waals surface area contributed by atoms with Crippen LogP contribution < -0.4 is 0 Å². The van der Waals surface area contributed by atoms with Gasteiger partial charge in [-0.25, -0.2) is 0 Å². The van der Waals surface area contributed by atoms with Crippen molar-refractivity contribution in [3.63, 3.8) is 0 Å². The van der Waals surface area contributed by atoms with Crippen LogP contribution in [-0.4, -0.2) is 41.5 Å². The molecule has 0 aromatic rings. The van der Waals surface area contributed by atoms with Crippen LogP contribution in [0.15, 0.2) is 0 Å². The topological polar surface area (TPSA) is 23.5 Å². The molecule has 2 nitrogen and oxygen atoms in total. The molecule has 1 rings (SSSR count). The highest BCUT2D eigenvalue weighted by molar-refractivity contribution is 7.80. The summed E-state index contributed by atoms with van der Waals surface area (Å²) in [6.45, 7) is 2.60. The number of likely N-dealkylation sites (tertiary alicyclic amines) is 1. The van der Waals surface area contributed by atoms with Crippen LogP contribution in [0.3, 0.4) is 0 Å². The van der Waals surface area contributed by atoms with Crippen molar-refractivity contribution in [3.8, 4) is 0 Å². The molecule has 0 bridgehead atoms. The minimum Gasteiger partial charge on any atom is -0.395 e. The normalized spacial score (nSPS) is 26.0. The molecule has 0 spiro atoms. The number of aliphatic hydroxyl groups excluding tert-OH is 1. The molecule has 0 aliphatic carbocycles. The lowest BCUT2D eigenvalue weighted by Crippen LogP contribution is -2.42. The Morgan fingerprint density at radius 1 is 1.42 bits per heavy atom. The SMILES string of the molecule is OCC1CCCCN1CCCS. The Hall–Kier alpha value is 0.270. The molecule has 72 valence electrons. The predicted octanol–water partition coefficient (Wildman–Crippen LogP) is 1.15. The Bertz CT molecular complexity index is 121. The zero-order valence-electron chi connectivity index (χ0n) is 7.58. The van der Waals surface area contributed by atoms with E-state index in [1.54, 1.807) is 0 Å². The molecular weight excluding hydrogens is 170 g/mol. The van der Waals surface area contributed by atoms with Crippen molar-refractivity contribution in [2.45, 2.75) is 31.7 Å². The van der Waals surface area contributed by atoms with E-state index in [9.17, 15) is 0 Å². The van der Waals surface area contributed by atoms with Gasteiger partial charge in [0.25, 0.3) is 0 Å². The molecule has 0 aromatic heterocycles. The van der Waals surface area contributed by atoms with Crippen molar-refractivity contribution in [1.29, 1.82) is 0 Å². The smallest absolute Gasteiger partial charge is 0.0586 e. The second-order valence-corrected chi connectivity index (χ2v) is 3.89. The maximum absolute atomic E-state index is 9.10. The lowest BCUT2D eigenvalue weighted by molar-refractivity contribution is 0.0907. The van der Waals surface area contributed by atoms with Gasteiger partial charge in [-0.15, -0.1) is 0 Å². The minimum absolute atomic E-state index is 0.326. The van der Waals surface area contributed by atoms with Crippen molar-refractivity contribution in [1.82, 2.24) is 4.90 Å². The van der Waals surface area contributed by atoms with E-state index < -0.39 is 0 Å². The molecule has 0 amide bonds. The third-order valence-electron chi connectivity index (χ3n) is 2.56. The molecular formula is C9H19NOS. The third kappa shape index (κ3) is 2.96. The summed E-state index contributed by atoms with van der Waals surface area (Å²) in [5.41, 5.74) is 0. The monoisotopic (exact) mass is 189 g/mol. The summed E-state index contributed by atoms with van der Waals surface area (Å²) >= 11 is 4.19. The second-order valence-electron chi connectivity index (χ2n) is 3.45. The highest BCUT2D eigenvalue weighted by atomic mass is 32.1. The lowest BCUT2D eigenvalue weighted by atomic mass is 10.0. The van der Waals surface area contributed by atoms with E-state index in [1.807, 2.05) is 0 Å². The van der Waals surface area contributed by atoms with Gasteiger partial charge in [0, 0.05) is 6.04 Å². The molecule has 1 unspecified atom stereocenters. The van der Waals surface area contributed by atoms with Gasteiger partial charge in [-0.1, -0.05) is 6.42 Å². The number of hydrogen-bond donors (Lipinski definition) is 2. The van der Waals surface area contributed by atoms with Crippen LogP contribution in [0.25, 0.3) is 0 Å². The molecule has 12 heavy (non-hydrogen) atoms. The summed E-state index contributed by atoms with van der Waals surface area (Å²) in [7, 11) is 0. The van der Waals surface area contributed by atoms with Crippen LogP contribution >= 0.6 is 12.6 Å². The molecule has 1 N–H and O–H groups in total. The molecule has 0 radical (unpaired) electrons. The Labute approximate surface area is 80.4 Å². The quantitative estimate of drug-likeness (QED) is 0.648. The molecule has 0 aromatic carbocycles. The van der Waals surface area contributed by atoms with E-state index in [-0.39, 0.29) is 0 Å². The fourth-order valence-electron chi connectivity index (χ4n) is 1.83. The zero-order chi connectivity index (χ0) is 8.81. The van der Waals surface area contributed by atoms with E-state index >= 15 is 0 Å². The van der Waals surface area contributed by atoms with Gasteiger partial charge in [0.2, 0.25) is 0 Å². The van der Waals surface area contributed by atoms with Crippen molar-refractivity contribution in [2.75, 3.05) is 25.4 Å². The molecule has 1 fully saturated rings. The van der Waals surface area contributed by atoms with E-state index in [0.29, 0.717) is 12.6 Å². The van der Waals surface area contributed by atoms with Crippen LogP contribution in [-0.2, 0) is 0 Å². The van der Waals surface area contributed by atoms with Gasteiger partial charge in [0.15, 0.2) is 0 Å². The largest absolute Gasteiger partial charge is 0.395 e. The molecule has 1 atom stereocenters. The van der Waals surface area contributed by atoms with Crippen LogP contribution in [0.4, 0.5) is 0 Å².